The number of fused-ring (bicyclic) bond motifs is 6. The van der Waals surface area contributed by atoms with Crippen LogP contribution in [0.15, 0.2) is 67.4 Å². The monoisotopic (exact) mass is 950 g/mol. The van der Waals surface area contributed by atoms with E-state index in [4.69, 9.17) is 14.2 Å². The molecule has 2 aromatic carbocycles. The highest BCUT2D eigenvalue weighted by atomic mass is 19.4. The number of hydrogen-bond acceptors (Lipinski definition) is 9. The van der Waals surface area contributed by atoms with Gasteiger partial charge in [-0.05, 0) is 90.8 Å². The Morgan fingerprint density at radius 2 is 1.82 bits per heavy atom. The van der Waals surface area contributed by atoms with Crippen LogP contribution in [0.5, 0.6) is 0 Å². The van der Waals surface area contributed by atoms with Crippen molar-refractivity contribution in [3.05, 3.63) is 89.8 Å². The van der Waals surface area contributed by atoms with E-state index in [-0.39, 0.29) is 72.9 Å². The van der Waals surface area contributed by atoms with Crippen LogP contribution in [0.25, 0.3) is 33.3 Å². The molecule has 5 heterocycles. The highest BCUT2D eigenvalue weighted by Gasteiger charge is 2.39. The Morgan fingerprint density at radius 3 is 2.50 bits per heavy atom. The average Bonchev–Trinajstić information content (AvgIpc) is 3.56. The van der Waals surface area contributed by atoms with Crippen LogP contribution in [-0.2, 0) is 52.8 Å². The van der Waals surface area contributed by atoms with Crippen LogP contribution in [-0.4, -0.2) is 107 Å². The second-order valence-electron chi connectivity index (χ2n) is 19.1. The number of hydrogen-bond donors (Lipinski definition) is 2. The van der Waals surface area contributed by atoms with Gasteiger partial charge in [-0.3, -0.25) is 29.2 Å². The van der Waals surface area contributed by atoms with Crippen LogP contribution in [0.4, 0.5) is 22.0 Å². The number of nitrogens with zero attached hydrogens (tertiary/aromatic N) is 4. The summed E-state index contributed by atoms with van der Waals surface area (Å²) in [5, 5.41) is 4.56. The number of carbonyl (C=O) groups excluding carboxylic acids is 4. The molecule has 68 heavy (non-hydrogen) atoms. The largest absolute Gasteiger partial charge is 0.464 e. The molecule has 3 amide bonds. The molecule has 7 rings (SSSR count). The van der Waals surface area contributed by atoms with Crippen molar-refractivity contribution in [2.24, 2.45) is 17.3 Å². The maximum atomic E-state index is 14.9. The highest BCUT2D eigenvalue weighted by molar-refractivity contribution is 5.96. The molecular weight excluding hydrogens is 892 g/mol. The number of rotatable bonds is 12. The number of aromatic nitrogens is 2. The number of carbonyl (C=O) groups is 4. The number of amides is 3. The van der Waals surface area contributed by atoms with E-state index in [1.807, 2.05) is 27.7 Å². The number of halogens is 5. The highest BCUT2D eigenvalue weighted by Crippen LogP contribution is 2.43. The Kier molecular flexibility index (Phi) is 15.1. The molecule has 18 heteroatoms. The maximum absolute atomic E-state index is 14.9. The van der Waals surface area contributed by atoms with Gasteiger partial charge < -0.3 is 29.0 Å². The molecule has 2 saturated heterocycles. The van der Waals surface area contributed by atoms with Crippen molar-refractivity contribution < 1.29 is 55.3 Å². The summed E-state index contributed by atoms with van der Waals surface area (Å²) in [4.78, 5) is 60.8. The van der Waals surface area contributed by atoms with Gasteiger partial charge in [-0.1, -0.05) is 52.5 Å². The number of pyridine rings is 1. The van der Waals surface area contributed by atoms with Gasteiger partial charge in [0.15, 0.2) is 0 Å². The summed E-state index contributed by atoms with van der Waals surface area (Å²) in [5.41, 5.74) is 4.50. The predicted molar refractivity (Wildman–Crippen MR) is 244 cm³/mol. The van der Waals surface area contributed by atoms with Crippen molar-refractivity contribution in [3.8, 4) is 22.4 Å². The number of esters is 1. The molecule has 0 saturated carbocycles. The summed E-state index contributed by atoms with van der Waals surface area (Å²) in [5.74, 6) is -3.03. The smallest absolute Gasteiger partial charge is 0.406 e. The number of hydrazine groups is 1. The number of likely N-dealkylation sites (tertiary alicyclic amines) is 1. The van der Waals surface area contributed by atoms with Gasteiger partial charge in [0, 0.05) is 66.8 Å². The van der Waals surface area contributed by atoms with Crippen LogP contribution < -0.4 is 10.7 Å². The molecule has 2 fully saturated rings. The van der Waals surface area contributed by atoms with Gasteiger partial charge in [-0.15, -0.1) is 0 Å². The van der Waals surface area contributed by atoms with E-state index in [2.05, 4.69) is 22.3 Å². The number of ether oxygens (including phenoxy) is 3. The van der Waals surface area contributed by atoms with Crippen molar-refractivity contribution in [1.82, 2.24) is 30.2 Å². The number of cyclic esters (lactones) is 1. The van der Waals surface area contributed by atoms with Crippen molar-refractivity contribution in [1.29, 1.82) is 0 Å². The van der Waals surface area contributed by atoms with Crippen LogP contribution in [0.1, 0.15) is 82.4 Å². The van der Waals surface area contributed by atoms with Gasteiger partial charge in [0.1, 0.15) is 18.6 Å². The van der Waals surface area contributed by atoms with Crippen LogP contribution >= 0.6 is 0 Å². The van der Waals surface area contributed by atoms with Crippen molar-refractivity contribution in [2.75, 3.05) is 40.0 Å². The molecule has 6 bridgehead atoms. The van der Waals surface area contributed by atoms with Gasteiger partial charge in [0.25, 0.3) is 12.3 Å². The molecule has 4 atom stereocenters. The summed E-state index contributed by atoms with van der Waals surface area (Å²) in [6.45, 7) is 11.9. The summed E-state index contributed by atoms with van der Waals surface area (Å²) in [6.07, 6.45) is -5.23. The average molecular weight is 951 g/mol. The number of methoxy groups -OCH3 is 1. The van der Waals surface area contributed by atoms with Crippen LogP contribution in [0, 0.1) is 17.3 Å². The van der Waals surface area contributed by atoms with Gasteiger partial charge in [-0.25, -0.2) is 14.2 Å². The summed E-state index contributed by atoms with van der Waals surface area (Å²) in [7, 11) is 1.48. The molecular formula is C50H59F5N6O7. The zero-order valence-corrected chi connectivity index (χ0v) is 39.1. The minimum absolute atomic E-state index is 0.0210. The molecule has 0 radical (unpaired) electrons. The van der Waals surface area contributed by atoms with Gasteiger partial charge in [-0.2, -0.15) is 13.2 Å². The first-order chi connectivity index (χ1) is 32.2. The molecule has 4 aromatic rings. The molecule has 2 aromatic heterocycles. The molecule has 0 aliphatic carbocycles. The molecule has 3 aliphatic rings. The number of benzene rings is 2. The molecule has 2 N–H and O–H groups in total. The molecule has 3 aliphatic heterocycles. The van der Waals surface area contributed by atoms with Crippen LogP contribution in [0.3, 0.4) is 0 Å². The molecule has 366 valence electrons. The quantitative estimate of drug-likeness (QED) is 0.0823. The molecule has 13 nitrogen and oxygen atoms in total. The van der Waals surface area contributed by atoms with E-state index in [0.717, 1.165) is 0 Å². The van der Waals surface area contributed by atoms with E-state index < -0.39 is 66.5 Å². The summed E-state index contributed by atoms with van der Waals surface area (Å²) < 4.78 is 92.7. The number of alkyl halides is 5. The van der Waals surface area contributed by atoms with Gasteiger partial charge >= 0.3 is 12.1 Å². The third kappa shape index (κ3) is 11.2. The van der Waals surface area contributed by atoms with E-state index in [1.165, 1.54) is 41.1 Å². The zero-order chi connectivity index (χ0) is 49.2. The van der Waals surface area contributed by atoms with Crippen LogP contribution in [0.2, 0.25) is 0 Å². The van der Waals surface area contributed by atoms with Gasteiger partial charge in [0.05, 0.1) is 42.7 Å². The lowest BCUT2D eigenvalue weighted by Crippen LogP contribution is -2.61. The number of nitrogens with one attached hydrogen (secondary N) is 2. The Hall–Kier alpha value is -5.72. The zero-order valence-electron chi connectivity index (χ0n) is 39.1. The first kappa shape index (κ1) is 50.2. The first-order valence-corrected chi connectivity index (χ1v) is 22.9. The summed E-state index contributed by atoms with van der Waals surface area (Å²) in [6, 6.07) is 10.1. The van der Waals surface area contributed by atoms with Crippen molar-refractivity contribution in [2.45, 2.75) is 104 Å². The van der Waals surface area contributed by atoms with E-state index >= 15 is 0 Å². The Balaban J connectivity index is 1.36. The molecule has 2 unspecified atom stereocenters. The third-order valence-corrected chi connectivity index (χ3v) is 13.0. The Labute approximate surface area is 392 Å². The van der Waals surface area contributed by atoms with E-state index in [1.54, 1.807) is 48.2 Å². The van der Waals surface area contributed by atoms with Gasteiger partial charge in [0.2, 0.25) is 11.8 Å². The Morgan fingerprint density at radius 1 is 1.07 bits per heavy atom. The lowest BCUT2D eigenvalue weighted by atomic mass is 9.84. The van der Waals surface area contributed by atoms with Crippen molar-refractivity contribution >= 4 is 34.6 Å². The maximum Gasteiger partial charge on any atom is 0.406 e. The lowest BCUT2D eigenvalue weighted by Gasteiger charge is -2.39. The normalized spacial score (nSPS) is 20.2. The van der Waals surface area contributed by atoms with E-state index in [9.17, 15) is 41.1 Å². The SMILES string of the molecule is C=CC(=O)N1CC(OCC(C(=O)N[C@H]2Cc3cc(cc(C(F)F)c3)-c3ccc4c(c3)c(c(-c3cccnc3C(C)OC)n4CC(F)(F)F)CC(C)(C)COC(=O)[C@@H]3CCCN(N3)C2=O)C(C)C)C1. The fourth-order valence-corrected chi connectivity index (χ4v) is 9.19. The second-order valence-corrected chi connectivity index (χ2v) is 19.1. The minimum Gasteiger partial charge on any atom is -0.464 e. The van der Waals surface area contributed by atoms with Crippen molar-refractivity contribution in [3.63, 3.8) is 0 Å². The fourth-order valence-electron chi connectivity index (χ4n) is 9.19. The lowest BCUT2D eigenvalue weighted by molar-refractivity contribution is -0.155. The fraction of sp³-hybridized carbons (Fsp3) is 0.500. The Bertz CT molecular complexity index is 2540. The predicted octanol–water partition coefficient (Wildman–Crippen LogP) is 7.91. The minimum atomic E-state index is -4.66. The van der Waals surface area contributed by atoms with E-state index in [0.29, 0.717) is 59.3 Å². The molecule has 0 spiro atoms. The first-order valence-electron chi connectivity index (χ1n) is 22.9. The third-order valence-electron chi connectivity index (χ3n) is 13.0. The topological polar surface area (TPSA) is 144 Å². The second kappa shape index (κ2) is 20.5. The standard InChI is InChI=1S/C50H59F5N6O7/c1-8-42(62)59-23-34(24-59)67-25-38(28(2)3)46(63)57-40-19-30-17-32(20-33(18-30)45(51)52)31-13-14-41-36(21-31)37(22-49(5,6)27-68-48(65)39-12-10-16-61(58-39)47(40)64)44(60(41)26-50(53,54)55)35-11-9-15-56-43(35)29(4)66-7/h8-9,11,13-15,17-18,20-21,28-29,34,38-40,45,58H,1,10,12,16,19,22-27H2,2-7H3,(H,57,63)/t29?,38?,39-,40-/m0/s1. The summed E-state index contributed by atoms with van der Waals surface area (Å²) >= 11 is 0.